The highest BCUT2D eigenvalue weighted by Crippen LogP contribution is 2.22. The average Bonchev–Trinajstić information content (AvgIpc) is 2.46. The molecule has 0 saturated carbocycles. The number of carbonyl (C=O) groups is 2. The highest BCUT2D eigenvalue weighted by molar-refractivity contribution is 6.30. The first-order chi connectivity index (χ1) is 9.52. The molecule has 1 heterocycles. The number of ether oxygens (including phenoxy) is 1. The molecular weight excluding hydrogens is 278 g/mol. The molecule has 1 aromatic rings. The van der Waals surface area contributed by atoms with Gasteiger partial charge in [0, 0.05) is 23.7 Å². The van der Waals surface area contributed by atoms with Gasteiger partial charge in [0.15, 0.2) is 0 Å². The molecule has 1 aliphatic heterocycles. The molecular formula is C15H18ClNO3. The van der Waals surface area contributed by atoms with E-state index in [-0.39, 0.29) is 17.8 Å². The van der Waals surface area contributed by atoms with Crippen LogP contribution in [0.3, 0.4) is 0 Å². The number of hydrogen-bond donors (Lipinski definition) is 0. The fourth-order valence-corrected chi connectivity index (χ4v) is 2.78. The first kappa shape index (κ1) is 14.9. The number of carbonyl (C=O) groups excluding carboxylic acids is 2. The minimum atomic E-state index is -0.240. The number of benzene rings is 1. The van der Waals surface area contributed by atoms with Gasteiger partial charge in [0.25, 0.3) is 5.91 Å². The lowest BCUT2D eigenvalue weighted by atomic mass is 9.97. The Morgan fingerprint density at radius 1 is 1.40 bits per heavy atom. The number of likely N-dealkylation sites (tertiary alicyclic amines) is 1. The minimum absolute atomic E-state index is 0.0484. The lowest BCUT2D eigenvalue weighted by Crippen LogP contribution is -2.42. The standard InChI is InChI=1S/C15H18ClNO3/c1-10-8-12(16)5-6-13(10)14(18)17-7-3-4-11(9-17)15(19)20-2/h5-6,8,11H,3-4,7,9H2,1-2H3. The van der Waals surface area contributed by atoms with Crippen molar-refractivity contribution < 1.29 is 14.3 Å². The van der Waals surface area contributed by atoms with Crippen LogP contribution in [-0.4, -0.2) is 37.0 Å². The fraction of sp³-hybridized carbons (Fsp3) is 0.467. The lowest BCUT2D eigenvalue weighted by molar-refractivity contribution is -0.146. The van der Waals surface area contributed by atoms with Gasteiger partial charge in [-0.3, -0.25) is 9.59 Å². The maximum Gasteiger partial charge on any atom is 0.310 e. The molecule has 1 aromatic carbocycles. The van der Waals surface area contributed by atoms with Crippen molar-refractivity contribution in [3.63, 3.8) is 0 Å². The average molecular weight is 296 g/mol. The zero-order valence-electron chi connectivity index (χ0n) is 11.7. The highest BCUT2D eigenvalue weighted by atomic mass is 35.5. The lowest BCUT2D eigenvalue weighted by Gasteiger charge is -2.31. The summed E-state index contributed by atoms with van der Waals surface area (Å²) in [6.07, 6.45) is 1.59. The van der Waals surface area contributed by atoms with E-state index in [0.29, 0.717) is 23.7 Å². The summed E-state index contributed by atoms with van der Waals surface area (Å²) >= 11 is 5.90. The van der Waals surface area contributed by atoms with E-state index in [1.807, 2.05) is 6.92 Å². The highest BCUT2D eigenvalue weighted by Gasteiger charge is 2.29. The SMILES string of the molecule is COC(=O)C1CCCN(C(=O)c2ccc(Cl)cc2C)C1. The molecule has 1 unspecified atom stereocenters. The smallest absolute Gasteiger partial charge is 0.310 e. The van der Waals surface area contributed by atoms with E-state index < -0.39 is 0 Å². The van der Waals surface area contributed by atoms with Crippen molar-refractivity contribution in [1.82, 2.24) is 4.90 Å². The van der Waals surface area contributed by atoms with Gasteiger partial charge in [0.1, 0.15) is 0 Å². The number of halogens is 1. The van der Waals surface area contributed by atoms with E-state index in [1.54, 1.807) is 23.1 Å². The van der Waals surface area contributed by atoms with Crippen LogP contribution in [0.25, 0.3) is 0 Å². The number of esters is 1. The largest absolute Gasteiger partial charge is 0.469 e. The van der Waals surface area contributed by atoms with E-state index in [2.05, 4.69) is 0 Å². The van der Waals surface area contributed by atoms with E-state index in [0.717, 1.165) is 18.4 Å². The Labute approximate surface area is 123 Å². The molecule has 1 fully saturated rings. The summed E-state index contributed by atoms with van der Waals surface area (Å²) in [5, 5.41) is 0.616. The monoisotopic (exact) mass is 295 g/mol. The van der Waals surface area contributed by atoms with Gasteiger partial charge >= 0.3 is 5.97 Å². The normalized spacial score (nSPS) is 18.8. The summed E-state index contributed by atoms with van der Waals surface area (Å²) in [5.41, 5.74) is 1.49. The fourth-order valence-electron chi connectivity index (χ4n) is 2.56. The third kappa shape index (κ3) is 3.12. The predicted octanol–water partition coefficient (Wildman–Crippen LogP) is 2.67. The maximum atomic E-state index is 12.5. The van der Waals surface area contributed by atoms with Gasteiger partial charge in [-0.2, -0.15) is 0 Å². The number of methoxy groups -OCH3 is 1. The molecule has 20 heavy (non-hydrogen) atoms. The van der Waals surface area contributed by atoms with E-state index in [9.17, 15) is 9.59 Å². The van der Waals surface area contributed by atoms with Crippen LogP contribution < -0.4 is 0 Å². The number of rotatable bonds is 2. The summed E-state index contributed by atoms with van der Waals surface area (Å²) in [7, 11) is 1.38. The van der Waals surface area contributed by atoms with Crippen LogP contribution in [0.4, 0.5) is 0 Å². The van der Waals surface area contributed by atoms with Crippen LogP contribution in [0.1, 0.15) is 28.8 Å². The van der Waals surface area contributed by atoms with Gasteiger partial charge in [0.05, 0.1) is 13.0 Å². The third-order valence-corrected chi connectivity index (χ3v) is 3.90. The topological polar surface area (TPSA) is 46.6 Å². The summed E-state index contributed by atoms with van der Waals surface area (Å²) < 4.78 is 4.77. The Kier molecular flexibility index (Phi) is 4.65. The van der Waals surface area contributed by atoms with Crippen molar-refractivity contribution in [2.75, 3.05) is 20.2 Å². The molecule has 0 spiro atoms. The zero-order valence-corrected chi connectivity index (χ0v) is 12.4. The van der Waals surface area contributed by atoms with Crippen LogP contribution in [0.2, 0.25) is 5.02 Å². The third-order valence-electron chi connectivity index (χ3n) is 3.66. The molecule has 4 nitrogen and oxygen atoms in total. The van der Waals surface area contributed by atoms with Crippen molar-refractivity contribution in [3.05, 3.63) is 34.3 Å². The molecule has 1 atom stereocenters. The zero-order chi connectivity index (χ0) is 14.7. The Hall–Kier alpha value is -1.55. The second-order valence-corrected chi connectivity index (χ2v) is 5.51. The predicted molar refractivity (Wildman–Crippen MR) is 76.8 cm³/mol. The molecule has 1 saturated heterocycles. The molecule has 0 N–H and O–H groups in total. The molecule has 0 aromatic heterocycles. The minimum Gasteiger partial charge on any atom is -0.469 e. The summed E-state index contributed by atoms with van der Waals surface area (Å²) in [6, 6.07) is 5.22. The summed E-state index contributed by atoms with van der Waals surface area (Å²) in [4.78, 5) is 25.8. The van der Waals surface area contributed by atoms with Gasteiger partial charge in [0.2, 0.25) is 0 Å². The molecule has 2 rings (SSSR count). The molecule has 0 radical (unpaired) electrons. The van der Waals surface area contributed by atoms with Crippen molar-refractivity contribution in [1.29, 1.82) is 0 Å². The molecule has 1 aliphatic rings. The van der Waals surface area contributed by atoms with Crippen LogP contribution in [-0.2, 0) is 9.53 Å². The number of hydrogen-bond acceptors (Lipinski definition) is 3. The Morgan fingerprint density at radius 2 is 2.15 bits per heavy atom. The number of piperidine rings is 1. The van der Waals surface area contributed by atoms with Gasteiger partial charge < -0.3 is 9.64 Å². The summed E-state index contributed by atoms with van der Waals surface area (Å²) in [5.74, 6) is -0.506. The molecule has 0 aliphatic carbocycles. The Morgan fingerprint density at radius 3 is 2.80 bits per heavy atom. The Bertz CT molecular complexity index is 530. The first-order valence-corrected chi connectivity index (χ1v) is 7.04. The first-order valence-electron chi connectivity index (χ1n) is 6.66. The number of nitrogens with zero attached hydrogens (tertiary/aromatic N) is 1. The van der Waals surface area contributed by atoms with Crippen molar-refractivity contribution >= 4 is 23.5 Å². The van der Waals surface area contributed by atoms with Crippen molar-refractivity contribution in [2.24, 2.45) is 5.92 Å². The second-order valence-electron chi connectivity index (χ2n) is 5.07. The molecule has 108 valence electrons. The van der Waals surface area contributed by atoms with Crippen LogP contribution >= 0.6 is 11.6 Å². The molecule has 5 heteroatoms. The van der Waals surface area contributed by atoms with Crippen LogP contribution in [0, 0.1) is 12.8 Å². The summed E-state index contributed by atoms with van der Waals surface area (Å²) in [6.45, 7) is 2.96. The van der Waals surface area contributed by atoms with E-state index >= 15 is 0 Å². The number of amides is 1. The van der Waals surface area contributed by atoms with E-state index in [1.165, 1.54) is 7.11 Å². The molecule has 1 amide bonds. The van der Waals surface area contributed by atoms with Gasteiger partial charge in [-0.25, -0.2) is 0 Å². The van der Waals surface area contributed by atoms with Gasteiger partial charge in [-0.1, -0.05) is 11.6 Å². The number of aryl methyl sites for hydroxylation is 1. The van der Waals surface area contributed by atoms with Crippen LogP contribution in [0.5, 0.6) is 0 Å². The van der Waals surface area contributed by atoms with E-state index in [4.69, 9.17) is 16.3 Å². The molecule has 0 bridgehead atoms. The van der Waals surface area contributed by atoms with Crippen LogP contribution in [0.15, 0.2) is 18.2 Å². The second kappa shape index (κ2) is 6.27. The quantitative estimate of drug-likeness (QED) is 0.788. The van der Waals surface area contributed by atoms with Crippen molar-refractivity contribution in [3.8, 4) is 0 Å². The van der Waals surface area contributed by atoms with Gasteiger partial charge in [-0.15, -0.1) is 0 Å². The maximum absolute atomic E-state index is 12.5. The Balaban J connectivity index is 2.14. The van der Waals surface area contributed by atoms with Gasteiger partial charge in [-0.05, 0) is 43.5 Å². The van der Waals surface area contributed by atoms with Crippen molar-refractivity contribution in [2.45, 2.75) is 19.8 Å².